The van der Waals surface area contributed by atoms with Crippen molar-refractivity contribution in [2.45, 2.75) is 63.1 Å². The number of nitrogens with zero attached hydrogens (tertiary/aromatic N) is 2. The van der Waals surface area contributed by atoms with Gasteiger partial charge in [-0.3, -0.25) is 9.78 Å². The number of nitrogens with one attached hydrogen (secondary N) is 1. The van der Waals surface area contributed by atoms with E-state index in [1.165, 1.54) is 0 Å². The molecule has 7 nitrogen and oxygen atoms in total. The molecule has 0 atom stereocenters. The van der Waals surface area contributed by atoms with Gasteiger partial charge in [-0.25, -0.2) is 4.79 Å². The van der Waals surface area contributed by atoms with Crippen LogP contribution in [0.3, 0.4) is 0 Å². The second kappa shape index (κ2) is 6.54. The predicted octanol–water partition coefficient (Wildman–Crippen LogP) is 1.92. The average molecular weight is 360 g/mol. The third-order valence-corrected chi connectivity index (χ3v) is 5.02. The Bertz CT molecular complexity index is 672. The van der Waals surface area contributed by atoms with E-state index in [1.54, 1.807) is 11.1 Å². The van der Waals surface area contributed by atoms with Gasteiger partial charge in [0.05, 0.1) is 16.8 Å². The normalized spacial score (nSPS) is 21.0. The lowest BCUT2D eigenvalue weighted by Crippen LogP contribution is -2.61. The Morgan fingerprint density at radius 3 is 2.35 bits per heavy atom. The summed E-state index contributed by atoms with van der Waals surface area (Å²) in [7, 11) is 0. The van der Waals surface area contributed by atoms with Crippen LogP contribution in [0.15, 0.2) is 24.4 Å². The second-order valence-corrected chi connectivity index (χ2v) is 8.37. The van der Waals surface area contributed by atoms with Gasteiger partial charge in [0, 0.05) is 19.3 Å². The van der Waals surface area contributed by atoms with Gasteiger partial charge in [0.15, 0.2) is 0 Å². The fourth-order valence-corrected chi connectivity index (χ4v) is 3.20. The van der Waals surface area contributed by atoms with Crippen LogP contribution in [-0.2, 0) is 15.1 Å². The van der Waals surface area contributed by atoms with Crippen molar-refractivity contribution in [1.82, 2.24) is 15.2 Å². The molecule has 2 amide bonds. The van der Waals surface area contributed by atoms with Crippen molar-refractivity contribution in [2.24, 2.45) is 5.73 Å². The molecule has 1 saturated carbocycles. The number of carbonyl (C=O) groups is 2. The summed E-state index contributed by atoms with van der Waals surface area (Å²) in [4.78, 5) is 31.0. The Balaban J connectivity index is 1.59. The number of piperidine rings is 1. The SMILES string of the molecule is CC(C)(C)OC(=O)N1CCC(N)(C(=O)NC2(c3ccccn3)CC2)CC1. The van der Waals surface area contributed by atoms with Gasteiger partial charge >= 0.3 is 6.09 Å². The third-order valence-electron chi connectivity index (χ3n) is 5.02. The first-order valence-electron chi connectivity index (χ1n) is 9.15. The number of carbonyl (C=O) groups excluding carboxylic acids is 2. The van der Waals surface area contributed by atoms with Crippen molar-refractivity contribution in [2.75, 3.05) is 13.1 Å². The van der Waals surface area contributed by atoms with Gasteiger partial charge < -0.3 is 20.7 Å². The Hall–Kier alpha value is -2.15. The van der Waals surface area contributed by atoms with E-state index >= 15 is 0 Å². The van der Waals surface area contributed by atoms with Gasteiger partial charge in [0.2, 0.25) is 5.91 Å². The van der Waals surface area contributed by atoms with E-state index in [1.807, 2.05) is 39.0 Å². The molecular weight excluding hydrogens is 332 g/mol. The number of nitrogens with two attached hydrogens (primary N) is 1. The fourth-order valence-electron chi connectivity index (χ4n) is 3.20. The van der Waals surface area contributed by atoms with E-state index < -0.39 is 11.1 Å². The molecule has 3 rings (SSSR count). The van der Waals surface area contributed by atoms with Crippen molar-refractivity contribution >= 4 is 12.0 Å². The summed E-state index contributed by atoms with van der Waals surface area (Å²) in [5, 5.41) is 3.12. The highest BCUT2D eigenvalue weighted by Crippen LogP contribution is 2.45. The maximum atomic E-state index is 12.9. The molecule has 1 aliphatic carbocycles. The van der Waals surface area contributed by atoms with Crippen molar-refractivity contribution < 1.29 is 14.3 Å². The van der Waals surface area contributed by atoms with E-state index in [4.69, 9.17) is 10.5 Å². The highest BCUT2D eigenvalue weighted by atomic mass is 16.6. The van der Waals surface area contributed by atoms with E-state index in [0.717, 1.165) is 18.5 Å². The van der Waals surface area contributed by atoms with Crippen LogP contribution in [0.25, 0.3) is 0 Å². The van der Waals surface area contributed by atoms with E-state index in [-0.39, 0.29) is 17.5 Å². The lowest BCUT2D eigenvalue weighted by atomic mass is 9.87. The molecule has 3 N–H and O–H groups in total. The number of rotatable bonds is 3. The number of hydrogen-bond donors (Lipinski definition) is 2. The first kappa shape index (κ1) is 18.6. The minimum Gasteiger partial charge on any atom is -0.444 e. The smallest absolute Gasteiger partial charge is 0.410 e. The van der Waals surface area contributed by atoms with E-state index in [2.05, 4.69) is 10.3 Å². The first-order chi connectivity index (χ1) is 12.1. The van der Waals surface area contributed by atoms with Gasteiger partial charge in [-0.15, -0.1) is 0 Å². The maximum Gasteiger partial charge on any atom is 0.410 e. The standard InChI is InChI=1S/C19H28N4O3/c1-17(2,3)26-16(25)23-12-9-18(20,10-13-23)15(24)22-19(7-8-19)14-6-4-5-11-21-14/h4-6,11H,7-10,12-13,20H2,1-3H3,(H,22,24). The Morgan fingerprint density at radius 1 is 1.19 bits per heavy atom. The number of ether oxygens (including phenoxy) is 1. The van der Waals surface area contributed by atoms with Crippen LogP contribution in [-0.4, -0.2) is 46.1 Å². The number of hydrogen-bond acceptors (Lipinski definition) is 5. The van der Waals surface area contributed by atoms with Crippen molar-refractivity contribution in [3.8, 4) is 0 Å². The quantitative estimate of drug-likeness (QED) is 0.858. The average Bonchev–Trinajstić information content (AvgIpc) is 3.35. The Kier molecular flexibility index (Phi) is 4.69. The number of aromatic nitrogens is 1. The van der Waals surface area contributed by atoms with Gasteiger partial charge in [0.25, 0.3) is 0 Å². The monoisotopic (exact) mass is 360 g/mol. The van der Waals surface area contributed by atoms with Crippen LogP contribution >= 0.6 is 0 Å². The minimum atomic E-state index is -0.969. The summed E-state index contributed by atoms with van der Waals surface area (Å²) < 4.78 is 5.39. The molecule has 2 aliphatic rings. The maximum absolute atomic E-state index is 12.9. The molecular formula is C19H28N4O3. The second-order valence-electron chi connectivity index (χ2n) is 8.37. The lowest BCUT2D eigenvalue weighted by Gasteiger charge is -2.39. The van der Waals surface area contributed by atoms with Crippen LogP contribution in [0.5, 0.6) is 0 Å². The number of likely N-dealkylation sites (tertiary alicyclic amines) is 1. The van der Waals surface area contributed by atoms with Crippen LogP contribution in [0.1, 0.15) is 52.1 Å². The van der Waals surface area contributed by atoms with Gasteiger partial charge in [-0.1, -0.05) is 6.07 Å². The minimum absolute atomic E-state index is 0.163. The van der Waals surface area contributed by atoms with Gasteiger partial charge in [0.1, 0.15) is 5.60 Å². The molecule has 142 valence electrons. The zero-order valence-corrected chi connectivity index (χ0v) is 15.7. The summed E-state index contributed by atoms with van der Waals surface area (Å²) in [6, 6.07) is 5.71. The summed E-state index contributed by atoms with van der Waals surface area (Å²) in [5.74, 6) is -0.163. The van der Waals surface area contributed by atoms with Crippen molar-refractivity contribution in [3.63, 3.8) is 0 Å². The molecule has 0 bridgehead atoms. The van der Waals surface area contributed by atoms with Crippen molar-refractivity contribution in [3.05, 3.63) is 30.1 Å². The first-order valence-corrected chi connectivity index (χ1v) is 9.15. The zero-order valence-electron chi connectivity index (χ0n) is 15.7. The largest absolute Gasteiger partial charge is 0.444 e. The van der Waals surface area contributed by atoms with Crippen LogP contribution in [0, 0.1) is 0 Å². The molecule has 0 aromatic carbocycles. The molecule has 2 heterocycles. The Labute approximate surface area is 154 Å². The molecule has 1 aromatic heterocycles. The molecule has 1 aromatic rings. The summed E-state index contributed by atoms with van der Waals surface area (Å²) >= 11 is 0. The number of amides is 2. The van der Waals surface area contributed by atoms with Gasteiger partial charge in [-0.05, 0) is 58.6 Å². The fraction of sp³-hybridized carbons (Fsp3) is 0.632. The van der Waals surface area contributed by atoms with E-state index in [0.29, 0.717) is 25.9 Å². The zero-order chi connectivity index (χ0) is 19.0. The molecule has 1 aliphatic heterocycles. The molecule has 26 heavy (non-hydrogen) atoms. The molecule has 1 saturated heterocycles. The topological polar surface area (TPSA) is 97.5 Å². The van der Waals surface area contributed by atoms with Crippen LogP contribution in [0.2, 0.25) is 0 Å². The highest BCUT2D eigenvalue weighted by Gasteiger charge is 2.50. The molecule has 0 spiro atoms. The van der Waals surface area contributed by atoms with Gasteiger partial charge in [-0.2, -0.15) is 0 Å². The van der Waals surface area contributed by atoms with E-state index in [9.17, 15) is 9.59 Å². The van der Waals surface area contributed by atoms with Crippen molar-refractivity contribution in [1.29, 1.82) is 0 Å². The highest BCUT2D eigenvalue weighted by molar-refractivity contribution is 5.87. The van der Waals surface area contributed by atoms with Crippen LogP contribution < -0.4 is 11.1 Å². The predicted molar refractivity (Wildman–Crippen MR) is 97.3 cm³/mol. The molecule has 7 heteroatoms. The summed E-state index contributed by atoms with van der Waals surface area (Å²) in [6.45, 7) is 6.33. The Morgan fingerprint density at radius 2 is 1.85 bits per heavy atom. The summed E-state index contributed by atoms with van der Waals surface area (Å²) in [6.07, 6.45) is 3.95. The molecule has 2 fully saturated rings. The third kappa shape index (κ3) is 3.98. The molecule has 0 radical (unpaired) electrons. The number of pyridine rings is 1. The summed E-state index contributed by atoms with van der Waals surface area (Å²) in [5.41, 5.74) is 5.39. The lowest BCUT2D eigenvalue weighted by molar-refractivity contribution is -0.129. The van der Waals surface area contributed by atoms with Crippen LogP contribution in [0.4, 0.5) is 4.79 Å². The molecule has 0 unspecified atom stereocenters.